The fraction of sp³-hybridized carbons (Fsp3) is 0.722. The number of hydrogen-bond acceptors (Lipinski definition) is 9. The van der Waals surface area contributed by atoms with Crippen molar-refractivity contribution >= 4 is 39.4 Å². The van der Waals surface area contributed by atoms with Gasteiger partial charge in [-0.1, -0.05) is 18.7 Å². The van der Waals surface area contributed by atoms with Gasteiger partial charge in [0.1, 0.15) is 5.54 Å². The van der Waals surface area contributed by atoms with E-state index < -0.39 is 33.2 Å². The molecule has 0 radical (unpaired) electrons. The zero-order valence-corrected chi connectivity index (χ0v) is 18.8. The third-order valence-electron chi connectivity index (χ3n) is 6.09. The lowest BCUT2D eigenvalue weighted by Crippen LogP contribution is -2.51. The highest BCUT2D eigenvalue weighted by Gasteiger charge is 2.52. The van der Waals surface area contributed by atoms with Gasteiger partial charge in [0.05, 0.1) is 17.3 Å². The number of imide groups is 1. The number of hydrogen-bond donors (Lipinski definition) is 2. The Morgan fingerprint density at radius 2 is 2.03 bits per heavy atom. The smallest absolute Gasteiger partial charge is 0.344 e. The molecule has 2 N–H and O–H groups in total. The Labute approximate surface area is 184 Å². The Balaban J connectivity index is 1.27. The average molecular weight is 472 g/mol. The first-order valence-corrected chi connectivity index (χ1v) is 13.1. The van der Waals surface area contributed by atoms with Crippen molar-refractivity contribution < 1.29 is 27.2 Å². The number of urea groups is 1. The summed E-state index contributed by atoms with van der Waals surface area (Å²) in [6, 6.07) is -0.621. The van der Waals surface area contributed by atoms with E-state index in [0.29, 0.717) is 37.5 Å². The van der Waals surface area contributed by atoms with E-state index >= 15 is 0 Å². The summed E-state index contributed by atoms with van der Waals surface area (Å²) in [6.45, 7) is 2.11. The third kappa shape index (κ3) is 4.86. The van der Waals surface area contributed by atoms with Gasteiger partial charge in [-0.05, 0) is 43.9 Å². The van der Waals surface area contributed by atoms with Crippen molar-refractivity contribution in [3.05, 3.63) is 5.89 Å². The van der Waals surface area contributed by atoms with Crippen LogP contribution in [0.15, 0.2) is 9.64 Å². The molecule has 1 spiro atoms. The van der Waals surface area contributed by atoms with E-state index in [1.165, 1.54) is 0 Å². The van der Waals surface area contributed by atoms with E-state index in [2.05, 4.69) is 27.9 Å². The summed E-state index contributed by atoms with van der Waals surface area (Å²) in [7, 11) is -2.98. The molecule has 13 heteroatoms. The Bertz CT molecular complexity index is 985. The predicted octanol–water partition coefficient (Wildman–Crippen LogP) is 0.671. The largest absolute Gasteiger partial charge is 0.416 e. The molecule has 4 amide bonds. The van der Waals surface area contributed by atoms with Crippen LogP contribution < -0.4 is 10.7 Å². The van der Waals surface area contributed by atoms with Gasteiger partial charge >= 0.3 is 6.03 Å². The van der Waals surface area contributed by atoms with Gasteiger partial charge in [0, 0.05) is 6.42 Å². The number of rotatable bonds is 6. The van der Waals surface area contributed by atoms with Gasteiger partial charge in [0.2, 0.25) is 11.8 Å². The van der Waals surface area contributed by atoms with Gasteiger partial charge in [-0.15, -0.1) is 10.2 Å². The van der Waals surface area contributed by atoms with Crippen LogP contribution in [0.1, 0.15) is 44.9 Å². The van der Waals surface area contributed by atoms with E-state index in [0.717, 1.165) is 29.6 Å². The topological polar surface area (TPSA) is 152 Å². The van der Waals surface area contributed by atoms with Crippen LogP contribution in [-0.2, 0) is 25.8 Å². The van der Waals surface area contributed by atoms with E-state index in [9.17, 15) is 22.8 Å². The molecule has 1 atom stereocenters. The van der Waals surface area contributed by atoms with Crippen LogP contribution in [0.3, 0.4) is 0 Å². The maximum absolute atomic E-state index is 12.8. The SMILES string of the molecule is CC1CCC2(CC1)NC(=O)N(NC(=O)CSc1nnc(C[C@H]3CCS(=O)(=O)C3)o1)C2=O. The first kappa shape index (κ1) is 22.1. The zero-order valence-electron chi connectivity index (χ0n) is 17.1. The number of aromatic nitrogens is 2. The van der Waals surface area contributed by atoms with Crippen molar-refractivity contribution in [1.29, 1.82) is 0 Å². The number of carbonyl (C=O) groups excluding carboxylic acids is 3. The van der Waals surface area contributed by atoms with Crippen molar-refractivity contribution in [2.24, 2.45) is 11.8 Å². The highest BCUT2D eigenvalue weighted by Crippen LogP contribution is 2.35. The lowest BCUT2D eigenvalue weighted by molar-refractivity contribution is -0.139. The van der Waals surface area contributed by atoms with Crippen LogP contribution in [-0.4, -0.2) is 64.3 Å². The molecule has 2 saturated heterocycles. The van der Waals surface area contributed by atoms with Crippen molar-refractivity contribution in [3.63, 3.8) is 0 Å². The van der Waals surface area contributed by atoms with Crippen LogP contribution in [0.4, 0.5) is 4.79 Å². The number of thioether (sulfide) groups is 1. The van der Waals surface area contributed by atoms with Gasteiger partial charge in [-0.2, -0.15) is 5.01 Å². The third-order valence-corrected chi connectivity index (χ3v) is 8.75. The monoisotopic (exact) mass is 471 g/mol. The second kappa shape index (κ2) is 8.41. The highest BCUT2D eigenvalue weighted by molar-refractivity contribution is 7.99. The minimum atomic E-state index is -2.98. The van der Waals surface area contributed by atoms with Crippen LogP contribution in [0, 0.1) is 11.8 Å². The summed E-state index contributed by atoms with van der Waals surface area (Å²) >= 11 is 0.980. The van der Waals surface area contributed by atoms with Gasteiger partial charge in [0.25, 0.3) is 11.1 Å². The predicted molar refractivity (Wildman–Crippen MR) is 109 cm³/mol. The van der Waals surface area contributed by atoms with Crippen molar-refractivity contribution in [2.75, 3.05) is 17.3 Å². The Morgan fingerprint density at radius 3 is 2.71 bits per heavy atom. The van der Waals surface area contributed by atoms with E-state index in [4.69, 9.17) is 4.42 Å². The van der Waals surface area contributed by atoms with Crippen LogP contribution in [0.2, 0.25) is 0 Å². The maximum Gasteiger partial charge on any atom is 0.344 e. The summed E-state index contributed by atoms with van der Waals surface area (Å²) in [5, 5.41) is 11.4. The molecule has 3 fully saturated rings. The summed E-state index contributed by atoms with van der Waals surface area (Å²) in [6.07, 6.45) is 3.76. The molecule has 1 aromatic rings. The minimum absolute atomic E-state index is 0.0404. The van der Waals surface area contributed by atoms with Crippen LogP contribution >= 0.6 is 11.8 Å². The number of hydrazine groups is 1. The van der Waals surface area contributed by atoms with Crippen LogP contribution in [0.25, 0.3) is 0 Å². The molecule has 1 saturated carbocycles. The normalized spacial score (nSPS) is 30.0. The summed E-state index contributed by atoms with van der Waals surface area (Å²) < 4.78 is 28.6. The highest BCUT2D eigenvalue weighted by atomic mass is 32.2. The molecule has 1 aromatic heterocycles. The van der Waals surface area contributed by atoms with Crippen molar-refractivity contribution in [1.82, 2.24) is 25.9 Å². The van der Waals surface area contributed by atoms with Gasteiger partial charge in [-0.25, -0.2) is 13.2 Å². The van der Waals surface area contributed by atoms with Gasteiger partial charge < -0.3 is 9.73 Å². The Hall–Kier alpha value is -2.15. The summed E-state index contributed by atoms with van der Waals surface area (Å²) in [5.74, 6) is -0.00325. The molecule has 3 aliphatic rings. The molecule has 4 rings (SSSR count). The Morgan fingerprint density at radius 1 is 1.29 bits per heavy atom. The molecule has 2 aliphatic heterocycles. The van der Waals surface area contributed by atoms with E-state index in [1.807, 2.05) is 0 Å². The Kier molecular flexibility index (Phi) is 5.99. The lowest BCUT2D eigenvalue weighted by atomic mass is 9.77. The van der Waals surface area contributed by atoms with Crippen LogP contribution in [0.5, 0.6) is 0 Å². The standard InChI is InChI=1S/C18H25N5O6S2/c1-11-2-5-18(6-3-11)15(25)23(16(26)19-18)22-13(24)9-30-17-21-20-14(29-17)8-12-4-7-31(27,28)10-12/h11-12H,2-10H2,1H3,(H,19,26)(H,22,24)/t11?,12-,18?/m1/s1. The fourth-order valence-corrected chi connectivity index (χ4v) is 6.69. The number of carbonyl (C=O) groups is 3. The van der Waals surface area contributed by atoms with E-state index in [-0.39, 0.29) is 28.4 Å². The number of nitrogens with one attached hydrogen (secondary N) is 2. The number of nitrogens with zero attached hydrogens (tertiary/aromatic N) is 3. The first-order valence-electron chi connectivity index (χ1n) is 10.3. The maximum atomic E-state index is 12.8. The molecule has 31 heavy (non-hydrogen) atoms. The lowest BCUT2D eigenvalue weighted by Gasteiger charge is -2.33. The molecular formula is C18H25N5O6S2. The average Bonchev–Trinajstić information content (AvgIpc) is 3.36. The first-order chi connectivity index (χ1) is 14.7. The van der Waals surface area contributed by atoms with Gasteiger partial charge in [-0.3, -0.25) is 15.0 Å². The second-order valence-electron chi connectivity index (χ2n) is 8.59. The van der Waals surface area contributed by atoms with Crippen molar-refractivity contribution in [2.45, 2.75) is 56.2 Å². The van der Waals surface area contributed by atoms with Crippen molar-refractivity contribution in [3.8, 4) is 0 Å². The molecule has 0 aromatic carbocycles. The van der Waals surface area contributed by atoms with E-state index in [1.54, 1.807) is 0 Å². The summed E-state index contributed by atoms with van der Waals surface area (Å²) in [5.41, 5.74) is 1.44. The molecule has 170 valence electrons. The molecule has 11 nitrogen and oxygen atoms in total. The molecule has 1 aliphatic carbocycles. The molecule has 0 bridgehead atoms. The zero-order chi connectivity index (χ0) is 22.2. The van der Waals surface area contributed by atoms with Gasteiger partial charge in [0.15, 0.2) is 9.84 Å². The molecule has 0 unspecified atom stereocenters. The number of amides is 4. The second-order valence-corrected chi connectivity index (χ2v) is 11.7. The summed E-state index contributed by atoms with van der Waals surface area (Å²) in [4.78, 5) is 37.3. The minimum Gasteiger partial charge on any atom is -0.416 e. The fourth-order valence-electron chi connectivity index (χ4n) is 4.26. The molecular weight excluding hydrogens is 446 g/mol. The molecule has 3 heterocycles. The number of sulfone groups is 1. The quantitative estimate of drug-likeness (QED) is 0.450.